The average molecular weight is 208 g/mol. The van der Waals surface area contributed by atoms with Gasteiger partial charge >= 0.3 is 0 Å². The zero-order valence-corrected chi connectivity index (χ0v) is 8.65. The lowest BCUT2D eigenvalue weighted by Crippen LogP contribution is -2.26. The van der Waals surface area contributed by atoms with Gasteiger partial charge < -0.3 is 15.8 Å². The smallest absolute Gasteiger partial charge is 0.144 e. The highest BCUT2D eigenvalue weighted by Crippen LogP contribution is 2.10. The van der Waals surface area contributed by atoms with Crippen LogP contribution in [0.4, 0.5) is 5.82 Å². The van der Waals surface area contributed by atoms with E-state index in [4.69, 9.17) is 10.5 Å². The molecule has 3 N–H and O–H groups in total. The topological polar surface area (TPSA) is 73.1 Å². The van der Waals surface area contributed by atoms with Crippen LogP contribution in [0.25, 0.3) is 0 Å². The molecule has 2 rings (SSSR count). The fourth-order valence-electron chi connectivity index (χ4n) is 1.65. The van der Waals surface area contributed by atoms with Crippen LogP contribution in [0.3, 0.4) is 0 Å². The van der Waals surface area contributed by atoms with Crippen molar-refractivity contribution in [3.05, 3.63) is 18.1 Å². The van der Waals surface area contributed by atoms with Crippen LogP contribution in [0.5, 0.6) is 0 Å². The van der Waals surface area contributed by atoms with E-state index in [1.165, 1.54) is 6.42 Å². The lowest BCUT2D eigenvalue weighted by Gasteiger charge is -2.09. The predicted octanol–water partition coefficient (Wildman–Crippen LogP) is 0.327. The number of hydrogen-bond donors (Lipinski definition) is 2. The van der Waals surface area contributed by atoms with Crippen LogP contribution >= 0.6 is 0 Å². The van der Waals surface area contributed by atoms with E-state index in [2.05, 4.69) is 15.3 Å². The second kappa shape index (κ2) is 5.04. The highest BCUT2D eigenvalue weighted by Gasteiger charge is 2.14. The van der Waals surface area contributed by atoms with Crippen LogP contribution in [0.1, 0.15) is 18.7 Å². The minimum Gasteiger partial charge on any atom is -0.384 e. The van der Waals surface area contributed by atoms with Crippen LogP contribution in [0.15, 0.2) is 12.3 Å². The molecule has 0 saturated carbocycles. The molecule has 1 fully saturated rings. The normalized spacial score (nSPS) is 20.7. The maximum absolute atomic E-state index is 5.55. The molecule has 15 heavy (non-hydrogen) atoms. The van der Waals surface area contributed by atoms with E-state index in [9.17, 15) is 0 Å². The van der Waals surface area contributed by atoms with Gasteiger partial charge in [-0.25, -0.2) is 9.97 Å². The van der Waals surface area contributed by atoms with Gasteiger partial charge in [0, 0.05) is 19.3 Å². The highest BCUT2D eigenvalue weighted by molar-refractivity contribution is 5.24. The molecular formula is C10H16N4O. The maximum Gasteiger partial charge on any atom is 0.144 e. The second-order valence-electron chi connectivity index (χ2n) is 3.66. The van der Waals surface area contributed by atoms with Crippen molar-refractivity contribution in [1.29, 1.82) is 0 Å². The third-order valence-corrected chi connectivity index (χ3v) is 2.41. The third-order valence-electron chi connectivity index (χ3n) is 2.41. The Hall–Kier alpha value is -1.20. The summed E-state index contributed by atoms with van der Waals surface area (Å²) in [7, 11) is 0. The molecule has 1 aromatic rings. The van der Waals surface area contributed by atoms with Gasteiger partial charge in [0.1, 0.15) is 11.6 Å². The molecule has 0 spiro atoms. The number of aromatic nitrogens is 2. The van der Waals surface area contributed by atoms with Crippen LogP contribution in [-0.4, -0.2) is 29.2 Å². The molecule has 0 radical (unpaired) electrons. The largest absolute Gasteiger partial charge is 0.384 e. The van der Waals surface area contributed by atoms with Gasteiger partial charge in [-0.2, -0.15) is 0 Å². The average Bonchev–Trinajstić information content (AvgIpc) is 2.71. The van der Waals surface area contributed by atoms with Gasteiger partial charge in [-0.15, -0.1) is 0 Å². The van der Waals surface area contributed by atoms with E-state index in [0.29, 0.717) is 18.5 Å². The molecule has 2 heterocycles. The van der Waals surface area contributed by atoms with Gasteiger partial charge in [0.25, 0.3) is 0 Å². The molecule has 5 heteroatoms. The van der Waals surface area contributed by atoms with E-state index in [1.807, 2.05) is 0 Å². The summed E-state index contributed by atoms with van der Waals surface area (Å²) in [5.41, 5.74) is 5.55. The second-order valence-corrected chi connectivity index (χ2v) is 3.66. The van der Waals surface area contributed by atoms with Gasteiger partial charge in [0.2, 0.25) is 0 Å². The molecule has 82 valence electrons. The first-order chi connectivity index (χ1) is 7.34. The van der Waals surface area contributed by atoms with Crippen molar-refractivity contribution < 1.29 is 4.74 Å². The third kappa shape index (κ3) is 3.14. The summed E-state index contributed by atoms with van der Waals surface area (Å²) in [6, 6.07) is 1.68. The van der Waals surface area contributed by atoms with Crippen LogP contribution in [0, 0.1) is 0 Å². The van der Waals surface area contributed by atoms with E-state index in [1.54, 1.807) is 12.3 Å². The first-order valence-corrected chi connectivity index (χ1v) is 5.24. The van der Waals surface area contributed by atoms with Gasteiger partial charge in [0.15, 0.2) is 0 Å². The number of anilines is 1. The molecule has 0 aromatic carbocycles. The maximum atomic E-state index is 5.55. The molecule has 1 unspecified atom stereocenters. The number of rotatable bonds is 4. The molecule has 0 amide bonds. The number of nitrogens with two attached hydrogens (primary N) is 1. The Kier molecular flexibility index (Phi) is 3.47. The molecule has 0 aliphatic carbocycles. The zero-order chi connectivity index (χ0) is 10.5. The van der Waals surface area contributed by atoms with Gasteiger partial charge in [0.05, 0.1) is 12.6 Å². The Morgan fingerprint density at radius 1 is 1.60 bits per heavy atom. The first-order valence-electron chi connectivity index (χ1n) is 5.24. The Morgan fingerprint density at radius 2 is 2.53 bits per heavy atom. The summed E-state index contributed by atoms with van der Waals surface area (Å²) in [5.74, 6) is 1.24. The minimum absolute atomic E-state index is 0.353. The lowest BCUT2D eigenvalue weighted by atomic mass is 10.2. The zero-order valence-electron chi connectivity index (χ0n) is 8.65. The molecule has 1 atom stereocenters. The number of nitrogens with one attached hydrogen (secondary N) is 1. The Labute approximate surface area is 89.1 Å². The summed E-state index contributed by atoms with van der Waals surface area (Å²) in [5, 5.41) is 3.27. The summed E-state index contributed by atoms with van der Waals surface area (Å²) in [4.78, 5) is 8.21. The summed E-state index contributed by atoms with van der Waals surface area (Å²) < 4.78 is 5.49. The van der Waals surface area contributed by atoms with Gasteiger partial charge in [-0.1, -0.05) is 0 Å². The first kappa shape index (κ1) is 10.3. The number of hydrogen-bond acceptors (Lipinski definition) is 5. The van der Waals surface area contributed by atoms with E-state index < -0.39 is 0 Å². The van der Waals surface area contributed by atoms with Gasteiger partial charge in [-0.05, 0) is 18.9 Å². The Morgan fingerprint density at radius 3 is 3.27 bits per heavy atom. The van der Waals surface area contributed by atoms with E-state index >= 15 is 0 Å². The number of nitrogens with zero attached hydrogens (tertiary/aromatic N) is 2. The molecule has 1 aliphatic heterocycles. The van der Waals surface area contributed by atoms with Gasteiger partial charge in [-0.3, -0.25) is 0 Å². The fraction of sp³-hybridized carbons (Fsp3) is 0.600. The van der Waals surface area contributed by atoms with Crippen molar-refractivity contribution >= 4 is 5.82 Å². The molecule has 1 saturated heterocycles. The number of nitrogen functional groups attached to an aromatic ring is 1. The van der Waals surface area contributed by atoms with Crippen molar-refractivity contribution in [2.75, 3.05) is 18.9 Å². The standard InChI is InChI=1S/C10H16N4O/c11-9-3-4-13-10(14-9)7-12-6-8-2-1-5-15-8/h3-4,8,12H,1-2,5-7H2,(H2,11,13,14). The van der Waals surface area contributed by atoms with Crippen LogP contribution < -0.4 is 11.1 Å². The van der Waals surface area contributed by atoms with Crippen molar-refractivity contribution in [3.63, 3.8) is 0 Å². The summed E-state index contributed by atoms with van der Waals surface area (Å²) in [6.45, 7) is 2.39. The van der Waals surface area contributed by atoms with E-state index in [-0.39, 0.29) is 0 Å². The van der Waals surface area contributed by atoms with Crippen molar-refractivity contribution in [2.24, 2.45) is 0 Å². The molecule has 1 aromatic heterocycles. The van der Waals surface area contributed by atoms with Crippen molar-refractivity contribution in [1.82, 2.24) is 15.3 Å². The fourth-order valence-corrected chi connectivity index (χ4v) is 1.65. The van der Waals surface area contributed by atoms with Crippen molar-refractivity contribution in [2.45, 2.75) is 25.5 Å². The highest BCUT2D eigenvalue weighted by atomic mass is 16.5. The summed E-state index contributed by atoms with van der Waals surface area (Å²) >= 11 is 0. The van der Waals surface area contributed by atoms with Crippen LogP contribution in [0.2, 0.25) is 0 Å². The lowest BCUT2D eigenvalue weighted by molar-refractivity contribution is 0.110. The monoisotopic (exact) mass is 208 g/mol. The predicted molar refractivity (Wildman–Crippen MR) is 57.1 cm³/mol. The van der Waals surface area contributed by atoms with Crippen molar-refractivity contribution in [3.8, 4) is 0 Å². The SMILES string of the molecule is Nc1ccnc(CNCC2CCCO2)n1. The quantitative estimate of drug-likeness (QED) is 0.746. The Balaban J connectivity index is 1.73. The number of ether oxygens (including phenoxy) is 1. The molecule has 1 aliphatic rings. The van der Waals surface area contributed by atoms with E-state index in [0.717, 1.165) is 25.4 Å². The molecule has 0 bridgehead atoms. The molecule has 5 nitrogen and oxygen atoms in total. The Bertz CT molecular complexity index is 312. The van der Waals surface area contributed by atoms with Crippen LogP contribution in [-0.2, 0) is 11.3 Å². The minimum atomic E-state index is 0.353. The molecular weight excluding hydrogens is 192 g/mol. The summed E-state index contributed by atoms with van der Waals surface area (Å²) in [6.07, 6.45) is 4.34.